The predicted octanol–water partition coefficient (Wildman–Crippen LogP) is 3.63. The van der Waals surface area contributed by atoms with E-state index in [0.717, 1.165) is 51.7 Å². The second-order valence-corrected chi connectivity index (χ2v) is 11.1. The predicted molar refractivity (Wildman–Crippen MR) is 112 cm³/mol. The number of piperidine rings is 1. The fourth-order valence-electron chi connectivity index (χ4n) is 7.19. The highest BCUT2D eigenvalue weighted by Crippen LogP contribution is 2.57. The highest BCUT2D eigenvalue weighted by atomic mass is 16.6. The van der Waals surface area contributed by atoms with Crippen molar-refractivity contribution in [2.45, 2.75) is 82.9 Å². The molecule has 2 saturated carbocycles. The van der Waals surface area contributed by atoms with Gasteiger partial charge in [-0.1, -0.05) is 13.3 Å². The third-order valence-corrected chi connectivity index (χ3v) is 9.47. The SMILES string of the molecule is CCC1C(N2CCC3(CC2)OC(=O)N(CC2CC2)C3(C)C)CC12CCN(C(=O)O)C2. The molecule has 3 unspecified atom stereocenters. The van der Waals surface area contributed by atoms with Crippen LogP contribution in [0.1, 0.15) is 65.7 Å². The minimum Gasteiger partial charge on any atom is -0.465 e. The maximum Gasteiger partial charge on any atom is 0.411 e. The summed E-state index contributed by atoms with van der Waals surface area (Å²) >= 11 is 0. The molecule has 0 radical (unpaired) electrons. The lowest BCUT2D eigenvalue weighted by Crippen LogP contribution is -2.65. The minimum absolute atomic E-state index is 0.117. The van der Waals surface area contributed by atoms with Crippen LogP contribution in [-0.2, 0) is 4.74 Å². The average Bonchev–Trinajstić information content (AvgIpc) is 3.35. The molecule has 30 heavy (non-hydrogen) atoms. The molecule has 168 valence electrons. The number of carbonyl (C=O) groups excluding carboxylic acids is 1. The maximum atomic E-state index is 12.7. The number of carboxylic acid groups (broad SMARTS) is 1. The van der Waals surface area contributed by atoms with Gasteiger partial charge in [0.2, 0.25) is 0 Å². The topological polar surface area (TPSA) is 73.3 Å². The average molecular weight is 420 g/mol. The monoisotopic (exact) mass is 419 g/mol. The summed E-state index contributed by atoms with van der Waals surface area (Å²) in [4.78, 5) is 30.3. The molecule has 0 aromatic carbocycles. The lowest BCUT2D eigenvalue weighted by Gasteiger charge is -2.59. The summed E-state index contributed by atoms with van der Waals surface area (Å²) in [6.07, 6.45) is 6.60. The standard InChI is InChI=1S/C23H37N3O4/c1-4-17-18(13-22(17)7-10-25(15-22)19(27)28)24-11-8-23(9-12-24)21(2,3)26(20(29)30-23)14-16-5-6-16/h16-18H,4-15H2,1-3H3,(H,27,28). The molecule has 5 fully saturated rings. The van der Waals surface area contributed by atoms with E-state index in [1.807, 2.05) is 4.90 Å². The normalized spacial score (nSPS) is 37.6. The van der Waals surface area contributed by atoms with Gasteiger partial charge in [-0.15, -0.1) is 0 Å². The maximum absolute atomic E-state index is 12.7. The van der Waals surface area contributed by atoms with Crippen LogP contribution in [0.5, 0.6) is 0 Å². The van der Waals surface area contributed by atoms with E-state index in [4.69, 9.17) is 4.74 Å². The van der Waals surface area contributed by atoms with E-state index in [1.165, 1.54) is 12.8 Å². The Morgan fingerprint density at radius 3 is 2.43 bits per heavy atom. The number of carbonyl (C=O) groups is 2. The molecule has 0 aromatic heterocycles. The first kappa shape index (κ1) is 20.4. The van der Waals surface area contributed by atoms with E-state index >= 15 is 0 Å². The number of amides is 2. The van der Waals surface area contributed by atoms with E-state index in [2.05, 4.69) is 25.7 Å². The van der Waals surface area contributed by atoms with Crippen LogP contribution in [0.3, 0.4) is 0 Å². The van der Waals surface area contributed by atoms with Gasteiger partial charge < -0.3 is 14.7 Å². The largest absolute Gasteiger partial charge is 0.465 e. The van der Waals surface area contributed by atoms with Crippen LogP contribution in [0, 0.1) is 17.3 Å². The van der Waals surface area contributed by atoms with Crippen molar-refractivity contribution in [3.63, 3.8) is 0 Å². The van der Waals surface area contributed by atoms with Gasteiger partial charge in [0.15, 0.2) is 0 Å². The van der Waals surface area contributed by atoms with E-state index in [-0.39, 0.29) is 22.6 Å². The summed E-state index contributed by atoms with van der Waals surface area (Å²) in [6.45, 7) is 10.8. The van der Waals surface area contributed by atoms with Crippen LogP contribution < -0.4 is 0 Å². The Bertz CT molecular complexity index is 728. The van der Waals surface area contributed by atoms with Crippen LogP contribution in [0.2, 0.25) is 0 Å². The number of ether oxygens (including phenoxy) is 1. The summed E-state index contributed by atoms with van der Waals surface area (Å²) in [5.41, 5.74) is -0.434. The molecule has 3 heterocycles. The molecule has 1 N–H and O–H groups in total. The Balaban J connectivity index is 1.23. The van der Waals surface area contributed by atoms with Gasteiger partial charge in [0.05, 0.1) is 5.54 Å². The van der Waals surface area contributed by atoms with Crippen LogP contribution >= 0.6 is 0 Å². The second-order valence-electron chi connectivity index (χ2n) is 11.1. The molecular formula is C23H37N3O4. The van der Waals surface area contributed by atoms with Crippen LogP contribution in [0.4, 0.5) is 9.59 Å². The zero-order chi connectivity index (χ0) is 21.3. The number of likely N-dealkylation sites (tertiary alicyclic amines) is 2. The zero-order valence-corrected chi connectivity index (χ0v) is 18.7. The Morgan fingerprint density at radius 2 is 1.87 bits per heavy atom. The quantitative estimate of drug-likeness (QED) is 0.753. The molecule has 3 saturated heterocycles. The summed E-state index contributed by atoms with van der Waals surface area (Å²) in [7, 11) is 0. The Labute approximate surface area is 179 Å². The van der Waals surface area contributed by atoms with Crippen molar-refractivity contribution < 1.29 is 19.4 Å². The van der Waals surface area contributed by atoms with Crippen molar-refractivity contribution >= 4 is 12.2 Å². The summed E-state index contributed by atoms with van der Waals surface area (Å²) in [5, 5.41) is 9.38. The first-order valence-electron chi connectivity index (χ1n) is 11.9. The number of hydrogen-bond acceptors (Lipinski definition) is 4. The molecular weight excluding hydrogens is 382 g/mol. The number of rotatable bonds is 4. The van der Waals surface area contributed by atoms with Crippen LogP contribution in [0.15, 0.2) is 0 Å². The zero-order valence-electron chi connectivity index (χ0n) is 18.7. The van der Waals surface area contributed by atoms with E-state index in [0.29, 0.717) is 31.0 Å². The van der Waals surface area contributed by atoms with Gasteiger partial charge in [0, 0.05) is 51.6 Å². The van der Waals surface area contributed by atoms with Crippen LogP contribution in [-0.4, -0.2) is 81.9 Å². The van der Waals surface area contributed by atoms with E-state index in [1.54, 1.807) is 4.90 Å². The van der Waals surface area contributed by atoms with Crippen molar-refractivity contribution in [3.05, 3.63) is 0 Å². The molecule has 0 bridgehead atoms. The smallest absolute Gasteiger partial charge is 0.411 e. The van der Waals surface area contributed by atoms with Crippen molar-refractivity contribution in [1.29, 1.82) is 0 Å². The van der Waals surface area contributed by atoms with Crippen LogP contribution in [0.25, 0.3) is 0 Å². The molecule has 2 spiro atoms. The molecule has 7 nitrogen and oxygen atoms in total. The molecule has 3 aliphatic heterocycles. The van der Waals surface area contributed by atoms with Crippen molar-refractivity contribution in [3.8, 4) is 0 Å². The van der Waals surface area contributed by atoms with Gasteiger partial charge in [-0.25, -0.2) is 9.59 Å². The van der Waals surface area contributed by atoms with Gasteiger partial charge in [-0.2, -0.15) is 0 Å². The Kier molecular flexibility index (Phi) is 4.59. The van der Waals surface area contributed by atoms with Crippen molar-refractivity contribution in [1.82, 2.24) is 14.7 Å². The van der Waals surface area contributed by atoms with Crippen molar-refractivity contribution in [2.24, 2.45) is 17.3 Å². The second kappa shape index (κ2) is 6.75. The van der Waals surface area contributed by atoms with Gasteiger partial charge in [0.25, 0.3) is 0 Å². The molecule has 3 atom stereocenters. The summed E-state index contributed by atoms with van der Waals surface area (Å²) in [5.74, 6) is 1.24. The fraction of sp³-hybridized carbons (Fsp3) is 0.913. The highest BCUT2D eigenvalue weighted by Gasteiger charge is 2.63. The van der Waals surface area contributed by atoms with E-state index < -0.39 is 6.09 Å². The molecule has 5 aliphatic rings. The lowest BCUT2D eigenvalue weighted by atomic mass is 9.54. The van der Waals surface area contributed by atoms with Gasteiger partial charge in [-0.3, -0.25) is 9.80 Å². The number of hydrogen-bond donors (Lipinski definition) is 1. The first-order valence-corrected chi connectivity index (χ1v) is 11.9. The Hall–Kier alpha value is -1.50. The fourth-order valence-corrected chi connectivity index (χ4v) is 7.19. The van der Waals surface area contributed by atoms with Gasteiger partial charge in [0.1, 0.15) is 5.60 Å². The van der Waals surface area contributed by atoms with E-state index in [9.17, 15) is 14.7 Å². The molecule has 2 amide bonds. The molecule has 7 heteroatoms. The van der Waals surface area contributed by atoms with Crippen molar-refractivity contribution in [2.75, 3.05) is 32.7 Å². The lowest BCUT2D eigenvalue weighted by molar-refractivity contribution is -0.112. The third-order valence-electron chi connectivity index (χ3n) is 9.47. The summed E-state index contributed by atoms with van der Waals surface area (Å²) < 4.78 is 6.10. The number of nitrogens with zero attached hydrogens (tertiary/aromatic N) is 3. The molecule has 5 rings (SSSR count). The minimum atomic E-state index is -0.772. The van der Waals surface area contributed by atoms with Gasteiger partial charge >= 0.3 is 12.2 Å². The Morgan fingerprint density at radius 1 is 1.17 bits per heavy atom. The van der Waals surface area contributed by atoms with Gasteiger partial charge in [-0.05, 0) is 56.8 Å². The summed E-state index contributed by atoms with van der Waals surface area (Å²) in [6, 6.07) is 0.545. The molecule has 2 aliphatic carbocycles. The highest BCUT2D eigenvalue weighted by molar-refractivity contribution is 5.73. The molecule has 0 aromatic rings. The third kappa shape index (κ3) is 2.87. The first-order chi connectivity index (χ1) is 14.2.